The van der Waals surface area contributed by atoms with Crippen molar-refractivity contribution in [2.75, 3.05) is 31.5 Å². The number of nitrogens with zero attached hydrogens (tertiary/aromatic N) is 3. The first-order chi connectivity index (χ1) is 8.60. The van der Waals surface area contributed by atoms with E-state index >= 15 is 0 Å². The van der Waals surface area contributed by atoms with Crippen molar-refractivity contribution in [2.24, 2.45) is 0 Å². The molecule has 0 aromatic carbocycles. The van der Waals surface area contributed by atoms with E-state index in [4.69, 9.17) is 0 Å². The molecular formula is C11H17BrN4O2. The highest BCUT2D eigenvalue weighted by molar-refractivity contribution is 9.10. The lowest BCUT2D eigenvalue weighted by Crippen LogP contribution is -2.28. The molecule has 0 saturated heterocycles. The minimum atomic E-state index is -0.433. The summed E-state index contributed by atoms with van der Waals surface area (Å²) in [6.07, 6.45) is 2.80. The van der Waals surface area contributed by atoms with Crippen molar-refractivity contribution in [3.05, 3.63) is 27.0 Å². The third-order valence-electron chi connectivity index (χ3n) is 2.70. The zero-order valence-corrected chi connectivity index (χ0v) is 12.1. The summed E-state index contributed by atoms with van der Waals surface area (Å²) in [4.78, 5) is 16.5. The van der Waals surface area contributed by atoms with Crippen molar-refractivity contribution in [1.82, 2.24) is 9.88 Å². The maximum absolute atomic E-state index is 10.9. The average molecular weight is 317 g/mol. The summed E-state index contributed by atoms with van der Waals surface area (Å²) in [6.45, 7) is 7.63. The molecule has 1 rings (SSSR count). The van der Waals surface area contributed by atoms with Gasteiger partial charge in [-0.1, -0.05) is 13.8 Å². The number of hydrogen-bond donors (Lipinski definition) is 1. The van der Waals surface area contributed by atoms with E-state index in [1.165, 1.54) is 6.20 Å². The van der Waals surface area contributed by atoms with Gasteiger partial charge in [-0.15, -0.1) is 0 Å². The van der Waals surface area contributed by atoms with E-state index in [9.17, 15) is 10.1 Å². The van der Waals surface area contributed by atoms with Gasteiger partial charge < -0.3 is 10.2 Å². The molecule has 7 heteroatoms. The Bertz CT molecular complexity index is 410. The van der Waals surface area contributed by atoms with Crippen molar-refractivity contribution in [1.29, 1.82) is 0 Å². The molecule has 0 bridgehead atoms. The molecule has 0 spiro atoms. The van der Waals surface area contributed by atoms with Crippen LogP contribution < -0.4 is 5.32 Å². The fourth-order valence-electron chi connectivity index (χ4n) is 1.62. The maximum atomic E-state index is 10.9. The summed E-state index contributed by atoms with van der Waals surface area (Å²) in [5.74, 6) is 0. The highest BCUT2D eigenvalue weighted by Crippen LogP contribution is 2.30. The molecule has 100 valence electrons. The van der Waals surface area contributed by atoms with Crippen LogP contribution >= 0.6 is 15.9 Å². The van der Waals surface area contributed by atoms with Crippen molar-refractivity contribution in [2.45, 2.75) is 13.8 Å². The van der Waals surface area contributed by atoms with E-state index in [-0.39, 0.29) is 5.69 Å². The van der Waals surface area contributed by atoms with E-state index < -0.39 is 4.92 Å². The molecule has 6 nitrogen and oxygen atoms in total. The van der Waals surface area contributed by atoms with Crippen molar-refractivity contribution < 1.29 is 4.92 Å². The summed E-state index contributed by atoms with van der Waals surface area (Å²) < 4.78 is 0.608. The second-order valence-electron chi connectivity index (χ2n) is 3.73. The molecule has 1 aromatic heterocycles. The zero-order chi connectivity index (χ0) is 13.5. The monoisotopic (exact) mass is 316 g/mol. The zero-order valence-electron chi connectivity index (χ0n) is 10.5. The van der Waals surface area contributed by atoms with Crippen molar-refractivity contribution in [3.8, 4) is 0 Å². The number of rotatable bonds is 7. The first-order valence-electron chi connectivity index (χ1n) is 5.84. The number of halogens is 1. The van der Waals surface area contributed by atoms with Gasteiger partial charge in [-0.2, -0.15) is 0 Å². The Hall–Kier alpha value is -1.21. The lowest BCUT2D eigenvalue weighted by molar-refractivity contribution is -0.384. The first-order valence-corrected chi connectivity index (χ1v) is 6.63. The van der Waals surface area contributed by atoms with Gasteiger partial charge in [-0.05, 0) is 29.0 Å². The van der Waals surface area contributed by atoms with Crippen LogP contribution in [0.4, 0.5) is 11.4 Å². The number of aromatic nitrogens is 1. The Balaban J connectivity index is 2.69. The van der Waals surface area contributed by atoms with Gasteiger partial charge in [0.2, 0.25) is 0 Å². The third kappa shape index (κ3) is 3.92. The predicted molar refractivity (Wildman–Crippen MR) is 74.9 cm³/mol. The van der Waals surface area contributed by atoms with Crippen LogP contribution in [-0.4, -0.2) is 41.0 Å². The van der Waals surface area contributed by atoms with Gasteiger partial charge >= 0.3 is 5.69 Å². The van der Waals surface area contributed by atoms with Gasteiger partial charge in [-0.3, -0.25) is 15.1 Å². The number of nitro groups is 1. The molecular weight excluding hydrogens is 300 g/mol. The number of nitrogens with one attached hydrogen (secondary N) is 1. The Morgan fingerprint density at radius 1 is 1.44 bits per heavy atom. The standard InChI is InChI=1S/C11H17BrN4O2/c1-3-15(4-2)6-5-14-11-9(12)7-13-8-10(11)16(17)18/h7-8H,3-6H2,1-2H3,(H,13,14). The van der Waals surface area contributed by atoms with E-state index in [1.54, 1.807) is 6.20 Å². The Morgan fingerprint density at radius 2 is 2.11 bits per heavy atom. The normalized spacial score (nSPS) is 10.7. The third-order valence-corrected chi connectivity index (χ3v) is 3.30. The molecule has 1 N–H and O–H groups in total. The Labute approximate surface area is 115 Å². The largest absolute Gasteiger partial charge is 0.377 e. The lowest BCUT2D eigenvalue weighted by Gasteiger charge is -2.18. The molecule has 0 unspecified atom stereocenters. The minimum Gasteiger partial charge on any atom is -0.377 e. The maximum Gasteiger partial charge on any atom is 0.311 e. The molecule has 0 aliphatic heterocycles. The van der Waals surface area contributed by atoms with Crippen LogP contribution in [0, 0.1) is 10.1 Å². The topological polar surface area (TPSA) is 71.3 Å². The van der Waals surface area contributed by atoms with Crippen LogP contribution in [0.25, 0.3) is 0 Å². The molecule has 0 atom stereocenters. The van der Waals surface area contributed by atoms with Gasteiger partial charge in [0.1, 0.15) is 11.9 Å². The smallest absolute Gasteiger partial charge is 0.311 e. The highest BCUT2D eigenvalue weighted by atomic mass is 79.9. The molecule has 0 fully saturated rings. The van der Waals surface area contributed by atoms with Crippen LogP contribution in [0.1, 0.15) is 13.8 Å². The molecule has 1 heterocycles. The van der Waals surface area contributed by atoms with Gasteiger partial charge in [0.25, 0.3) is 0 Å². The van der Waals surface area contributed by atoms with Crippen LogP contribution in [0.5, 0.6) is 0 Å². The van der Waals surface area contributed by atoms with Crippen LogP contribution in [0.2, 0.25) is 0 Å². The molecule has 0 amide bonds. The summed E-state index contributed by atoms with van der Waals surface area (Å²) >= 11 is 3.27. The summed E-state index contributed by atoms with van der Waals surface area (Å²) in [6, 6.07) is 0. The Kier molecular flexibility index (Phi) is 6.00. The SMILES string of the molecule is CCN(CC)CCNc1c(Br)cncc1[N+](=O)[O-]. The van der Waals surface area contributed by atoms with Crippen molar-refractivity contribution >= 4 is 27.3 Å². The molecule has 0 aliphatic rings. The molecule has 1 aromatic rings. The number of hydrogen-bond acceptors (Lipinski definition) is 5. The summed E-state index contributed by atoms with van der Waals surface area (Å²) in [5.41, 5.74) is 0.478. The van der Waals surface area contributed by atoms with Crippen LogP contribution in [0.3, 0.4) is 0 Å². The van der Waals surface area contributed by atoms with Gasteiger partial charge in [-0.25, -0.2) is 0 Å². The van der Waals surface area contributed by atoms with Gasteiger partial charge in [0, 0.05) is 19.3 Å². The molecule has 0 saturated carbocycles. The van der Waals surface area contributed by atoms with E-state index in [2.05, 4.69) is 45.0 Å². The summed E-state index contributed by atoms with van der Waals surface area (Å²) in [5, 5.41) is 14.0. The second-order valence-corrected chi connectivity index (χ2v) is 4.58. The van der Waals surface area contributed by atoms with Gasteiger partial charge in [0.15, 0.2) is 0 Å². The predicted octanol–water partition coefficient (Wildman–Crippen LogP) is 2.51. The summed E-state index contributed by atoms with van der Waals surface area (Å²) in [7, 11) is 0. The van der Waals surface area contributed by atoms with Gasteiger partial charge in [0.05, 0.1) is 9.40 Å². The number of pyridine rings is 1. The average Bonchev–Trinajstić information content (AvgIpc) is 2.36. The molecule has 0 radical (unpaired) electrons. The molecule has 18 heavy (non-hydrogen) atoms. The van der Waals surface area contributed by atoms with Crippen molar-refractivity contribution in [3.63, 3.8) is 0 Å². The van der Waals surface area contributed by atoms with E-state index in [1.807, 2.05) is 0 Å². The quantitative estimate of drug-likeness (QED) is 0.618. The highest BCUT2D eigenvalue weighted by Gasteiger charge is 2.16. The fraction of sp³-hybridized carbons (Fsp3) is 0.545. The minimum absolute atomic E-state index is 0.0103. The first kappa shape index (κ1) is 14.8. The lowest BCUT2D eigenvalue weighted by atomic mass is 10.3. The molecule has 0 aliphatic carbocycles. The number of likely N-dealkylation sites (N-methyl/N-ethyl adjacent to an activating group) is 1. The van der Waals surface area contributed by atoms with Crippen LogP contribution in [-0.2, 0) is 0 Å². The number of anilines is 1. The second kappa shape index (κ2) is 7.27. The van der Waals surface area contributed by atoms with E-state index in [0.717, 1.165) is 19.6 Å². The van der Waals surface area contributed by atoms with E-state index in [0.29, 0.717) is 16.7 Å². The van der Waals surface area contributed by atoms with Crippen LogP contribution in [0.15, 0.2) is 16.9 Å². The fourth-order valence-corrected chi connectivity index (χ4v) is 2.08. The Morgan fingerprint density at radius 3 is 2.67 bits per heavy atom.